The first-order valence-electron chi connectivity index (χ1n) is 10.0. The molecule has 0 saturated carbocycles. The van der Waals surface area contributed by atoms with Crippen molar-refractivity contribution in [3.05, 3.63) is 63.7 Å². The molecular formula is C22H29N3O6S. The quantitative estimate of drug-likeness (QED) is 0.347. The number of hydrogen-bond donors (Lipinski definition) is 1. The summed E-state index contributed by atoms with van der Waals surface area (Å²) >= 11 is 0. The van der Waals surface area contributed by atoms with Crippen LogP contribution in [0.15, 0.2) is 42.5 Å². The van der Waals surface area contributed by atoms with Crippen LogP contribution >= 0.6 is 0 Å². The van der Waals surface area contributed by atoms with Crippen LogP contribution in [0.2, 0.25) is 0 Å². The van der Waals surface area contributed by atoms with Crippen molar-refractivity contribution in [3.63, 3.8) is 0 Å². The van der Waals surface area contributed by atoms with E-state index in [1.54, 1.807) is 6.92 Å². The molecule has 0 unspecified atom stereocenters. The Labute approximate surface area is 188 Å². The van der Waals surface area contributed by atoms with Crippen molar-refractivity contribution in [1.29, 1.82) is 0 Å². The van der Waals surface area contributed by atoms with Gasteiger partial charge in [-0.15, -0.1) is 0 Å². The number of hydrogen-bond acceptors (Lipinski definition) is 6. The maximum absolute atomic E-state index is 12.4. The number of aryl methyl sites for hydroxylation is 1. The lowest BCUT2D eigenvalue weighted by molar-refractivity contribution is -0.384. The van der Waals surface area contributed by atoms with Gasteiger partial charge >= 0.3 is 0 Å². The predicted molar refractivity (Wildman–Crippen MR) is 124 cm³/mol. The maximum atomic E-state index is 12.4. The van der Waals surface area contributed by atoms with Gasteiger partial charge in [0.25, 0.3) is 5.69 Å². The van der Waals surface area contributed by atoms with E-state index in [0.29, 0.717) is 11.3 Å². The van der Waals surface area contributed by atoms with Gasteiger partial charge in [-0.25, -0.2) is 8.42 Å². The average Bonchev–Trinajstić information content (AvgIpc) is 2.69. The second-order valence-corrected chi connectivity index (χ2v) is 10.4. The fourth-order valence-corrected chi connectivity index (χ4v) is 3.86. The third kappa shape index (κ3) is 6.94. The summed E-state index contributed by atoms with van der Waals surface area (Å²) in [5, 5.41) is 13.7. The Kier molecular flexibility index (Phi) is 7.84. The Morgan fingerprint density at radius 3 is 2.31 bits per heavy atom. The SMILES string of the molecule is Cc1ccc([N+](=O)[O-])cc1N(CC(=O)NCCOc1ccc(C(C)(C)C)cc1)S(C)(=O)=O. The molecule has 9 nitrogen and oxygen atoms in total. The molecule has 0 fully saturated rings. The summed E-state index contributed by atoms with van der Waals surface area (Å²) < 4.78 is 31.0. The number of nitro benzene ring substituents is 1. The van der Waals surface area contributed by atoms with Gasteiger partial charge < -0.3 is 10.1 Å². The van der Waals surface area contributed by atoms with Gasteiger partial charge in [0.15, 0.2) is 0 Å². The lowest BCUT2D eigenvalue weighted by atomic mass is 9.87. The second kappa shape index (κ2) is 9.99. The number of benzene rings is 2. The number of amides is 1. The number of non-ortho nitro benzene ring substituents is 1. The van der Waals surface area contributed by atoms with E-state index < -0.39 is 27.4 Å². The molecule has 2 aromatic rings. The van der Waals surface area contributed by atoms with Crippen molar-refractivity contribution in [1.82, 2.24) is 5.32 Å². The Morgan fingerprint density at radius 1 is 1.16 bits per heavy atom. The summed E-state index contributed by atoms with van der Waals surface area (Å²) in [5.74, 6) is 0.116. The first-order valence-corrected chi connectivity index (χ1v) is 11.9. The Morgan fingerprint density at radius 2 is 1.78 bits per heavy atom. The van der Waals surface area contributed by atoms with Gasteiger partial charge in [-0.2, -0.15) is 0 Å². The minimum Gasteiger partial charge on any atom is -0.492 e. The van der Waals surface area contributed by atoms with E-state index in [-0.39, 0.29) is 29.9 Å². The van der Waals surface area contributed by atoms with Crippen LogP contribution < -0.4 is 14.4 Å². The maximum Gasteiger partial charge on any atom is 0.271 e. The van der Waals surface area contributed by atoms with Gasteiger partial charge in [0, 0.05) is 12.1 Å². The largest absolute Gasteiger partial charge is 0.492 e. The van der Waals surface area contributed by atoms with Crippen molar-refractivity contribution in [2.75, 3.05) is 30.3 Å². The molecule has 0 spiro atoms. The minimum absolute atomic E-state index is 0.0372. The molecular weight excluding hydrogens is 434 g/mol. The van der Waals surface area contributed by atoms with Crippen molar-refractivity contribution >= 4 is 27.3 Å². The molecule has 0 saturated heterocycles. The lowest BCUT2D eigenvalue weighted by Crippen LogP contribution is -2.41. The van der Waals surface area contributed by atoms with Gasteiger partial charge in [-0.3, -0.25) is 19.2 Å². The summed E-state index contributed by atoms with van der Waals surface area (Å²) in [4.78, 5) is 22.8. The third-order valence-electron chi connectivity index (χ3n) is 4.77. The molecule has 0 heterocycles. The van der Waals surface area contributed by atoms with Crippen LogP contribution in [-0.4, -0.2) is 45.2 Å². The Balaban J connectivity index is 1.98. The van der Waals surface area contributed by atoms with Crippen molar-refractivity contribution < 1.29 is 22.9 Å². The molecule has 0 bridgehead atoms. The average molecular weight is 464 g/mol. The molecule has 1 amide bonds. The fraction of sp³-hybridized carbons (Fsp3) is 0.409. The zero-order valence-electron chi connectivity index (χ0n) is 18.9. The van der Waals surface area contributed by atoms with E-state index in [0.717, 1.165) is 16.6 Å². The second-order valence-electron chi connectivity index (χ2n) is 8.47. The molecule has 2 aromatic carbocycles. The van der Waals surface area contributed by atoms with Gasteiger partial charge in [0.05, 0.1) is 23.4 Å². The van der Waals surface area contributed by atoms with Crippen LogP contribution in [0.5, 0.6) is 5.75 Å². The highest BCUT2D eigenvalue weighted by molar-refractivity contribution is 7.92. The summed E-state index contributed by atoms with van der Waals surface area (Å²) in [5.41, 5.74) is 1.54. The number of anilines is 1. The van der Waals surface area contributed by atoms with Crippen LogP contribution in [0.1, 0.15) is 31.9 Å². The minimum atomic E-state index is -3.85. The Hall–Kier alpha value is -3.14. The summed E-state index contributed by atoms with van der Waals surface area (Å²) in [7, 11) is -3.85. The molecule has 0 aliphatic carbocycles. The summed E-state index contributed by atoms with van der Waals surface area (Å²) in [6.07, 6.45) is 0.947. The van der Waals surface area contributed by atoms with E-state index in [1.165, 1.54) is 17.7 Å². The topological polar surface area (TPSA) is 119 Å². The molecule has 174 valence electrons. The van der Waals surface area contributed by atoms with Crippen LogP contribution in [-0.2, 0) is 20.2 Å². The Bertz CT molecular complexity index is 1080. The molecule has 0 aliphatic rings. The highest BCUT2D eigenvalue weighted by atomic mass is 32.2. The highest BCUT2D eigenvalue weighted by Gasteiger charge is 2.24. The number of ether oxygens (including phenoxy) is 1. The number of nitrogens with one attached hydrogen (secondary N) is 1. The molecule has 0 atom stereocenters. The van der Waals surface area contributed by atoms with E-state index in [1.807, 2.05) is 24.3 Å². The van der Waals surface area contributed by atoms with Crippen molar-refractivity contribution in [2.24, 2.45) is 0 Å². The van der Waals surface area contributed by atoms with Crippen LogP contribution in [0.4, 0.5) is 11.4 Å². The lowest BCUT2D eigenvalue weighted by Gasteiger charge is -2.23. The van der Waals surface area contributed by atoms with E-state index in [2.05, 4.69) is 26.1 Å². The van der Waals surface area contributed by atoms with Gasteiger partial charge in [0.2, 0.25) is 15.9 Å². The normalized spacial score (nSPS) is 11.7. The summed E-state index contributed by atoms with van der Waals surface area (Å²) in [6, 6.07) is 11.6. The zero-order chi connectivity index (χ0) is 24.1. The van der Waals surface area contributed by atoms with Crippen LogP contribution in [0.3, 0.4) is 0 Å². The molecule has 0 aromatic heterocycles. The number of nitro groups is 1. The van der Waals surface area contributed by atoms with Crippen LogP contribution in [0, 0.1) is 17.0 Å². The number of rotatable bonds is 9. The van der Waals surface area contributed by atoms with Crippen molar-refractivity contribution in [3.8, 4) is 5.75 Å². The zero-order valence-corrected chi connectivity index (χ0v) is 19.7. The number of nitrogens with zero attached hydrogens (tertiary/aromatic N) is 2. The number of carbonyl (C=O) groups is 1. The number of carbonyl (C=O) groups excluding carboxylic acids is 1. The predicted octanol–water partition coefficient (Wildman–Crippen LogP) is 3.16. The van der Waals surface area contributed by atoms with Crippen LogP contribution in [0.25, 0.3) is 0 Å². The molecule has 0 radical (unpaired) electrons. The molecule has 1 N–H and O–H groups in total. The van der Waals surface area contributed by atoms with E-state index in [4.69, 9.17) is 4.74 Å². The monoisotopic (exact) mass is 463 g/mol. The first-order chi connectivity index (χ1) is 14.8. The third-order valence-corrected chi connectivity index (χ3v) is 5.90. The van der Waals surface area contributed by atoms with E-state index >= 15 is 0 Å². The molecule has 32 heavy (non-hydrogen) atoms. The molecule has 0 aliphatic heterocycles. The first kappa shape index (κ1) is 25.1. The van der Waals surface area contributed by atoms with Gasteiger partial charge in [-0.05, 0) is 35.6 Å². The standard InChI is InChI=1S/C22H29N3O6S/c1-16-6-9-18(25(27)28)14-20(16)24(32(5,29)30)15-21(26)23-12-13-31-19-10-7-17(8-11-19)22(2,3)4/h6-11,14H,12-13,15H2,1-5H3,(H,23,26). The highest BCUT2D eigenvalue weighted by Crippen LogP contribution is 2.27. The molecule has 10 heteroatoms. The molecule has 2 rings (SSSR count). The smallest absolute Gasteiger partial charge is 0.271 e. The van der Waals surface area contributed by atoms with Crippen molar-refractivity contribution in [2.45, 2.75) is 33.1 Å². The van der Waals surface area contributed by atoms with Gasteiger partial charge in [0.1, 0.15) is 18.9 Å². The fourth-order valence-electron chi connectivity index (χ4n) is 2.96. The summed E-state index contributed by atoms with van der Waals surface area (Å²) in [6.45, 7) is 7.85. The van der Waals surface area contributed by atoms with Gasteiger partial charge in [-0.1, -0.05) is 39.0 Å². The number of sulfonamides is 1. The van der Waals surface area contributed by atoms with E-state index in [9.17, 15) is 23.3 Å².